The normalized spacial score (nSPS) is 11.7. The van der Waals surface area contributed by atoms with E-state index in [0.717, 1.165) is 0 Å². The van der Waals surface area contributed by atoms with Crippen LogP contribution in [0, 0.1) is 6.92 Å². The van der Waals surface area contributed by atoms with Gasteiger partial charge in [0.15, 0.2) is 0 Å². The number of fused-ring (bicyclic) bond motifs is 1. The Morgan fingerprint density at radius 1 is 1.24 bits per heavy atom. The van der Waals surface area contributed by atoms with Crippen LogP contribution < -0.4 is 9.47 Å². The number of aromatic nitrogens is 1. The van der Waals surface area contributed by atoms with Crippen LogP contribution in [0.1, 0.15) is 16.8 Å². The van der Waals surface area contributed by atoms with Crippen LogP contribution in [0.25, 0.3) is 10.9 Å². The van der Waals surface area contributed by atoms with Crippen LogP contribution in [0.15, 0.2) is 36.4 Å². The SMILES string of the molecule is COc1cc2c(CC(=O)O)c(C)n(Cc3cccc(OC(F)(F)F)c3)c2cc1Cl. The van der Waals surface area contributed by atoms with Crippen LogP contribution in [0.4, 0.5) is 13.2 Å². The lowest BCUT2D eigenvalue weighted by Gasteiger charge is -2.12. The average Bonchev–Trinajstić information content (AvgIpc) is 2.84. The Bertz CT molecular complexity index is 1080. The maximum absolute atomic E-state index is 12.5. The number of benzene rings is 2. The molecule has 0 saturated carbocycles. The summed E-state index contributed by atoms with van der Waals surface area (Å²) < 4.78 is 48.5. The maximum atomic E-state index is 12.5. The Morgan fingerprint density at radius 3 is 2.59 bits per heavy atom. The van der Waals surface area contributed by atoms with E-state index in [9.17, 15) is 23.1 Å². The first-order valence-corrected chi connectivity index (χ1v) is 8.88. The summed E-state index contributed by atoms with van der Waals surface area (Å²) in [5.74, 6) is -0.917. The van der Waals surface area contributed by atoms with Crippen molar-refractivity contribution in [3.8, 4) is 11.5 Å². The van der Waals surface area contributed by atoms with Crippen LogP contribution in [0.2, 0.25) is 5.02 Å². The second-order valence-electron chi connectivity index (χ2n) is 6.42. The molecule has 2 aromatic carbocycles. The number of hydrogen-bond acceptors (Lipinski definition) is 3. The van der Waals surface area contributed by atoms with Gasteiger partial charge < -0.3 is 19.1 Å². The van der Waals surface area contributed by atoms with E-state index in [1.807, 2.05) is 4.57 Å². The molecule has 3 rings (SSSR count). The number of hydrogen-bond donors (Lipinski definition) is 1. The summed E-state index contributed by atoms with van der Waals surface area (Å²) in [6, 6.07) is 8.96. The van der Waals surface area contributed by atoms with Crippen molar-refractivity contribution in [1.82, 2.24) is 4.57 Å². The van der Waals surface area contributed by atoms with Crippen molar-refractivity contribution in [3.05, 3.63) is 58.2 Å². The molecule has 0 aliphatic carbocycles. The monoisotopic (exact) mass is 427 g/mol. The van der Waals surface area contributed by atoms with Gasteiger partial charge in [-0.15, -0.1) is 13.2 Å². The minimum absolute atomic E-state index is 0.208. The number of halogens is 4. The summed E-state index contributed by atoms with van der Waals surface area (Å²) >= 11 is 6.24. The molecular formula is C20H17ClF3NO4. The molecule has 29 heavy (non-hydrogen) atoms. The lowest BCUT2D eigenvalue weighted by atomic mass is 10.1. The third-order valence-corrected chi connectivity index (χ3v) is 4.82. The Hall–Kier alpha value is -2.87. The Labute approximate surface area is 169 Å². The first-order valence-electron chi connectivity index (χ1n) is 8.50. The number of aliphatic carboxylic acids is 1. The fourth-order valence-electron chi connectivity index (χ4n) is 3.30. The molecule has 0 unspecified atom stereocenters. The standard InChI is InChI=1S/C20H17ClF3NO4/c1-11-14(8-19(26)27)15-7-18(28-2)16(21)9-17(15)25(11)10-12-4-3-5-13(6-12)29-20(22,23)24/h3-7,9H,8,10H2,1-2H3,(H,26,27). The van der Waals surface area contributed by atoms with E-state index in [2.05, 4.69) is 4.74 Å². The highest BCUT2D eigenvalue weighted by molar-refractivity contribution is 6.32. The van der Waals surface area contributed by atoms with Gasteiger partial charge >= 0.3 is 12.3 Å². The summed E-state index contributed by atoms with van der Waals surface area (Å²) in [5.41, 5.74) is 2.48. The molecule has 9 heteroatoms. The van der Waals surface area contributed by atoms with Gasteiger partial charge in [0.25, 0.3) is 0 Å². The third kappa shape index (κ3) is 4.59. The Morgan fingerprint density at radius 2 is 1.97 bits per heavy atom. The Balaban J connectivity index is 2.10. The highest BCUT2D eigenvalue weighted by atomic mass is 35.5. The highest BCUT2D eigenvalue weighted by Crippen LogP contribution is 2.35. The average molecular weight is 428 g/mol. The third-order valence-electron chi connectivity index (χ3n) is 4.53. The second-order valence-corrected chi connectivity index (χ2v) is 6.83. The molecule has 1 aromatic heterocycles. The number of ether oxygens (including phenoxy) is 2. The first-order chi connectivity index (χ1) is 13.6. The molecule has 0 bridgehead atoms. The van der Waals surface area contributed by atoms with E-state index in [1.54, 1.807) is 25.1 Å². The quantitative estimate of drug-likeness (QED) is 0.588. The summed E-state index contributed by atoms with van der Waals surface area (Å²) in [4.78, 5) is 11.3. The fraction of sp³-hybridized carbons (Fsp3) is 0.250. The van der Waals surface area contributed by atoms with Crippen molar-refractivity contribution < 1.29 is 32.5 Å². The molecule has 1 N–H and O–H groups in total. The topological polar surface area (TPSA) is 60.7 Å². The molecule has 0 amide bonds. The zero-order valence-corrected chi connectivity index (χ0v) is 16.3. The molecule has 3 aromatic rings. The Kier molecular flexibility index (Phi) is 5.66. The molecule has 5 nitrogen and oxygen atoms in total. The summed E-state index contributed by atoms with van der Waals surface area (Å²) in [7, 11) is 1.46. The van der Waals surface area contributed by atoms with Gasteiger partial charge in [0.05, 0.1) is 24.1 Å². The largest absolute Gasteiger partial charge is 0.573 e. The molecule has 0 fully saturated rings. The van der Waals surface area contributed by atoms with Gasteiger partial charge in [0.2, 0.25) is 0 Å². The van der Waals surface area contributed by atoms with Gasteiger partial charge in [-0.1, -0.05) is 23.7 Å². The zero-order chi connectivity index (χ0) is 21.3. The molecule has 0 aliphatic rings. The van der Waals surface area contributed by atoms with Crippen LogP contribution in [0.3, 0.4) is 0 Å². The van der Waals surface area contributed by atoms with Crippen LogP contribution in [0.5, 0.6) is 11.5 Å². The van der Waals surface area contributed by atoms with E-state index in [4.69, 9.17) is 16.3 Å². The lowest BCUT2D eigenvalue weighted by Crippen LogP contribution is -2.17. The van der Waals surface area contributed by atoms with E-state index in [-0.39, 0.29) is 18.7 Å². The number of carboxylic acids is 1. The summed E-state index contributed by atoms with van der Waals surface area (Å²) in [6.45, 7) is 1.97. The lowest BCUT2D eigenvalue weighted by molar-refractivity contribution is -0.274. The first kappa shape index (κ1) is 20.9. The van der Waals surface area contributed by atoms with Crippen molar-refractivity contribution in [2.75, 3.05) is 7.11 Å². The van der Waals surface area contributed by atoms with Gasteiger partial charge in [-0.05, 0) is 42.3 Å². The van der Waals surface area contributed by atoms with Crippen LogP contribution >= 0.6 is 11.6 Å². The summed E-state index contributed by atoms with van der Waals surface area (Å²) in [5, 5.41) is 10.3. The number of carboxylic acid groups (broad SMARTS) is 1. The number of rotatable bonds is 6. The predicted molar refractivity (Wildman–Crippen MR) is 102 cm³/mol. The van der Waals surface area contributed by atoms with Gasteiger partial charge in [0.1, 0.15) is 11.5 Å². The van der Waals surface area contributed by atoms with Crippen molar-refractivity contribution in [2.24, 2.45) is 0 Å². The smallest absolute Gasteiger partial charge is 0.495 e. The van der Waals surface area contributed by atoms with Gasteiger partial charge in [-0.2, -0.15) is 0 Å². The molecule has 0 radical (unpaired) electrons. The molecule has 0 saturated heterocycles. The van der Waals surface area contributed by atoms with Crippen LogP contribution in [-0.4, -0.2) is 29.1 Å². The second kappa shape index (κ2) is 7.87. The maximum Gasteiger partial charge on any atom is 0.573 e. The number of methoxy groups -OCH3 is 1. The van der Waals surface area contributed by atoms with E-state index >= 15 is 0 Å². The minimum atomic E-state index is -4.78. The molecule has 0 spiro atoms. The van der Waals surface area contributed by atoms with E-state index in [0.29, 0.717) is 38.5 Å². The van der Waals surface area contributed by atoms with Crippen molar-refractivity contribution in [2.45, 2.75) is 26.3 Å². The molecule has 1 heterocycles. The molecule has 0 aliphatic heterocycles. The number of alkyl halides is 3. The summed E-state index contributed by atoms with van der Waals surface area (Å²) in [6.07, 6.45) is -5.00. The molecule has 154 valence electrons. The number of carbonyl (C=O) groups is 1. The fourth-order valence-corrected chi connectivity index (χ4v) is 3.54. The molecular weight excluding hydrogens is 411 g/mol. The van der Waals surface area contributed by atoms with E-state index in [1.165, 1.54) is 25.3 Å². The molecule has 0 atom stereocenters. The number of nitrogens with zero attached hydrogens (tertiary/aromatic N) is 1. The van der Waals surface area contributed by atoms with E-state index < -0.39 is 12.3 Å². The zero-order valence-electron chi connectivity index (χ0n) is 15.5. The van der Waals surface area contributed by atoms with Gasteiger partial charge in [-0.3, -0.25) is 4.79 Å². The van der Waals surface area contributed by atoms with Crippen molar-refractivity contribution in [3.63, 3.8) is 0 Å². The van der Waals surface area contributed by atoms with Crippen molar-refractivity contribution >= 4 is 28.5 Å². The predicted octanol–water partition coefficient (Wildman–Crippen LogP) is 5.19. The highest BCUT2D eigenvalue weighted by Gasteiger charge is 2.31. The van der Waals surface area contributed by atoms with Gasteiger partial charge in [0, 0.05) is 17.6 Å². The van der Waals surface area contributed by atoms with Gasteiger partial charge in [-0.25, -0.2) is 0 Å². The van der Waals surface area contributed by atoms with Crippen molar-refractivity contribution in [1.29, 1.82) is 0 Å². The minimum Gasteiger partial charge on any atom is -0.495 e. The van der Waals surface area contributed by atoms with Crippen LogP contribution in [-0.2, 0) is 17.8 Å².